The second-order valence-corrected chi connectivity index (χ2v) is 5.86. The zero-order valence-corrected chi connectivity index (χ0v) is 15.6. The molecule has 0 aliphatic rings. The second kappa shape index (κ2) is 7.00. The van der Waals surface area contributed by atoms with Gasteiger partial charge < -0.3 is 18.9 Å². The third-order valence-corrected chi connectivity index (χ3v) is 4.50. The molecule has 6 heteroatoms. The topological polar surface area (TPSA) is 77.1 Å². The number of aromatic nitrogens is 1. The molecule has 0 saturated heterocycles. The van der Waals surface area contributed by atoms with E-state index >= 15 is 0 Å². The van der Waals surface area contributed by atoms with Crippen molar-refractivity contribution < 1.29 is 23.9 Å². The molecule has 3 aromatic rings. The molecule has 1 heterocycles. The van der Waals surface area contributed by atoms with Gasteiger partial charge in [-0.1, -0.05) is 0 Å². The molecule has 0 aliphatic heterocycles. The van der Waals surface area contributed by atoms with Crippen LogP contribution in [0, 0.1) is 6.92 Å². The Morgan fingerprint density at radius 2 is 1.46 bits per heavy atom. The summed E-state index contributed by atoms with van der Waals surface area (Å²) in [5.41, 5.74) is 9.09. The maximum absolute atomic E-state index is 6.28. The molecule has 0 amide bonds. The van der Waals surface area contributed by atoms with Gasteiger partial charge in [0.15, 0.2) is 23.0 Å². The Kier molecular flexibility index (Phi) is 4.75. The predicted octanol–water partition coefficient (Wildman–Crippen LogP) is 3.25. The van der Waals surface area contributed by atoms with Crippen LogP contribution in [0.15, 0.2) is 30.3 Å². The SMILES string of the molecule is COc1cc2cc(-c3ccc(OC)c(OC)c3C)[nH+]c(N)c2cc1OC. The smallest absolute Gasteiger partial charge is 0.278 e. The lowest BCUT2D eigenvalue weighted by molar-refractivity contribution is -0.345. The zero-order valence-electron chi connectivity index (χ0n) is 15.6. The number of aromatic amines is 1. The highest BCUT2D eigenvalue weighted by Gasteiger charge is 2.18. The number of fused-ring (bicyclic) bond motifs is 1. The van der Waals surface area contributed by atoms with Crippen molar-refractivity contribution in [3.05, 3.63) is 35.9 Å². The van der Waals surface area contributed by atoms with Crippen LogP contribution in [0.4, 0.5) is 5.82 Å². The van der Waals surface area contributed by atoms with Gasteiger partial charge in [-0.25, -0.2) is 4.98 Å². The van der Waals surface area contributed by atoms with Crippen molar-refractivity contribution in [2.45, 2.75) is 6.92 Å². The van der Waals surface area contributed by atoms with Crippen LogP contribution in [0.1, 0.15) is 5.56 Å². The lowest BCUT2D eigenvalue weighted by atomic mass is 10.0. The number of nitrogens with two attached hydrogens (primary N) is 1. The molecule has 6 nitrogen and oxygen atoms in total. The first kappa shape index (κ1) is 17.7. The monoisotopic (exact) mass is 355 g/mol. The molecule has 0 radical (unpaired) electrons. The van der Waals surface area contributed by atoms with Gasteiger partial charge in [-0.15, -0.1) is 0 Å². The van der Waals surface area contributed by atoms with Crippen molar-refractivity contribution in [2.24, 2.45) is 0 Å². The van der Waals surface area contributed by atoms with Gasteiger partial charge in [-0.05, 0) is 36.6 Å². The first-order valence-corrected chi connectivity index (χ1v) is 8.13. The number of H-pyrrole nitrogens is 1. The average Bonchev–Trinajstić information content (AvgIpc) is 2.66. The van der Waals surface area contributed by atoms with Crippen molar-refractivity contribution >= 4 is 16.6 Å². The van der Waals surface area contributed by atoms with E-state index in [4.69, 9.17) is 24.7 Å². The van der Waals surface area contributed by atoms with Crippen LogP contribution < -0.4 is 29.7 Å². The van der Waals surface area contributed by atoms with Crippen LogP contribution in [0.25, 0.3) is 22.0 Å². The molecule has 1 aromatic heterocycles. The number of hydrogen-bond acceptors (Lipinski definition) is 5. The van der Waals surface area contributed by atoms with Crippen LogP contribution >= 0.6 is 0 Å². The average molecular weight is 355 g/mol. The Bertz CT molecular complexity index is 970. The van der Waals surface area contributed by atoms with E-state index in [0.717, 1.165) is 27.6 Å². The van der Waals surface area contributed by atoms with Crippen LogP contribution in [-0.4, -0.2) is 28.4 Å². The summed E-state index contributed by atoms with van der Waals surface area (Å²) in [4.78, 5) is 3.27. The summed E-state index contributed by atoms with van der Waals surface area (Å²) < 4.78 is 21.6. The van der Waals surface area contributed by atoms with Crippen molar-refractivity contribution in [1.29, 1.82) is 0 Å². The molecule has 0 atom stereocenters. The number of pyridine rings is 1. The minimum absolute atomic E-state index is 0.549. The summed E-state index contributed by atoms with van der Waals surface area (Å²) in [6.45, 7) is 1.99. The van der Waals surface area contributed by atoms with Gasteiger partial charge in [-0.3, -0.25) is 5.73 Å². The van der Waals surface area contributed by atoms with E-state index in [2.05, 4.69) is 4.98 Å². The molecular weight excluding hydrogens is 332 g/mol. The molecule has 0 aliphatic carbocycles. The molecule has 0 spiro atoms. The largest absolute Gasteiger partial charge is 0.493 e. The second-order valence-electron chi connectivity index (χ2n) is 5.86. The van der Waals surface area contributed by atoms with E-state index < -0.39 is 0 Å². The lowest BCUT2D eigenvalue weighted by Gasteiger charge is -2.14. The quantitative estimate of drug-likeness (QED) is 0.760. The Morgan fingerprint density at radius 3 is 2.08 bits per heavy atom. The van der Waals surface area contributed by atoms with E-state index in [-0.39, 0.29) is 0 Å². The lowest BCUT2D eigenvalue weighted by Crippen LogP contribution is -2.14. The molecular formula is C20H23N2O4+. The maximum atomic E-state index is 6.28. The van der Waals surface area contributed by atoms with Gasteiger partial charge in [0, 0.05) is 17.2 Å². The number of methoxy groups -OCH3 is 4. The minimum Gasteiger partial charge on any atom is -0.493 e. The van der Waals surface area contributed by atoms with Gasteiger partial charge in [0.25, 0.3) is 5.82 Å². The minimum atomic E-state index is 0.549. The highest BCUT2D eigenvalue weighted by molar-refractivity contribution is 5.94. The fourth-order valence-corrected chi connectivity index (χ4v) is 3.17. The van der Waals surface area contributed by atoms with Crippen molar-refractivity contribution in [2.75, 3.05) is 34.2 Å². The molecule has 0 saturated carbocycles. The summed E-state index contributed by atoms with van der Waals surface area (Å²) in [7, 11) is 6.47. The first-order chi connectivity index (χ1) is 12.5. The fourth-order valence-electron chi connectivity index (χ4n) is 3.17. The van der Waals surface area contributed by atoms with Gasteiger partial charge in [0.05, 0.1) is 33.8 Å². The fraction of sp³-hybridized carbons (Fsp3) is 0.250. The molecule has 136 valence electrons. The Hall–Kier alpha value is -3.15. The summed E-state index contributed by atoms with van der Waals surface area (Å²) >= 11 is 0. The third kappa shape index (κ3) is 2.83. The van der Waals surface area contributed by atoms with Crippen LogP contribution in [0.2, 0.25) is 0 Å². The number of hydrogen-bond donors (Lipinski definition) is 1. The number of nitrogens with one attached hydrogen (secondary N) is 1. The first-order valence-electron chi connectivity index (χ1n) is 8.13. The standard InChI is InChI=1S/C20H22N2O4/c1-11-13(6-7-16(23-2)19(11)26-5)15-8-12-9-17(24-3)18(25-4)10-14(12)20(21)22-15/h6-10H,1-5H3,(H2,21,22)/p+1. The van der Waals surface area contributed by atoms with Crippen molar-refractivity contribution in [3.8, 4) is 34.3 Å². The van der Waals surface area contributed by atoms with Crippen molar-refractivity contribution in [1.82, 2.24) is 0 Å². The van der Waals surface area contributed by atoms with Crippen LogP contribution in [-0.2, 0) is 0 Å². The highest BCUT2D eigenvalue weighted by atomic mass is 16.5. The summed E-state index contributed by atoms with van der Waals surface area (Å²) in [5.74, 6) is 3.22. The summed E-state index contributed by atoms with van der Waals surface area (Å²) in [5, 5.41) is 1.81. The molecule has 0 bridgehead atoms. The van der Waals surface area contributed by atoms with Crippen LogP contribution in [0.5, 0.6) is 23.0 Å². The van der Waals surface area contributed by atoms with Gasteiger partial charge >= 0.3 is 0 Å². The number of anilines is 1. The molecule has 0 unspecified atom stereocenters. The Labute approximate surface area is 152 Å². The zero-order chi connectivity index (χ0) is 18.8. The molecule has 3 rings (SSSR count). The summed E-state index contributed by atoms with van der Waals surface area (Å²) in [6, 6.07) is 9.67. The molecule has 0 fully saturated rings. The Morgan fingerprint density at radius 1 is 0.808 bits per heavy atom. The van der Waals surface area contributed by atoms with E-state index in [1.165, 1.54) is 0 Å². The van der Waals surface area contributed by atoms with Gasteiger partial charge in [0.2, 0.25) is 0 Å². The summed E-state index contributed by atoms with van der Waals surface area (Å²) in [6.07, 6.45) is 0. The van der Waals surface area contributed by atoms with E-state index in [1.54, 1.807) is 28.4 Å². The number of ether oxygens (including phenoxy) is 4. The third-order valence-electron chi connectivity index (χ3n) is 4.50. The normalized spacial score (nSPS) is 10.7. The van der Waals surface area contributed by atoms with E-state index in [0.29, 0.717) is 28.8 Å². The number of rotatable bonds is 5. The predicted molar refractivity (Wildman–Crippen MR) is 101 cm³/mol. The molecule has 2 aromatic carbocycles. The van der Waals surface area contributed by atoms with E-state index in [9.17, 15) is 0 Å². The number of nitrogen functional groups attached to an aromatic ring is 1. The van der Waals surface area contributed by atoms with Crippen molar-refractivity contribution in [3.63, 3.8) is 0 Å². The van der Waals surface area contributed by atoms with Gasteiger partial charge in [-0.2, -0.15) is 0 Å². The Balaban J connectivity index is 2.24. The highest BCUT2D eigenvalue weighted by Crippen LogP contribution is 2.38. The molecule has 26 heavy (non-hydrogen) atoms. The van der Waals surface area contributed by atoms with Crippen LogP contribution in [0.3, 0.4) is 0 Å². The maximum Gasteiger partial charge on any atom is 0.278 e. The van der Waals surface area contributed by atoms with Gasteiger partial charge in [0.1, 0.15) is 5.69 Å². The molecule has 3 N–H and O–H groups in total. The number of benzene rings is 2. The van der Waals surface area contributed by atoms with E-state index in [1.807, 2.05) is 37.3 Å².